The molecule has 28 heavy (non-hydrogen) atoms. The zero-order valence-corrected chi connectivity index (χ0v) is 17.2. The molecule has 0 saturated carbocycles. The largest absolute Gasteiger partial charge is 0.339 e. The summed E-state index contributed by atoms with van der Waals surface area (Å²) in [5.74, 6) is 1.45. The maximum atomic E-state index is 12.6. The number of thioether (sulfide) groups is 1. The van der Waals surface area contributed by atoms with Crippen molar-refractivity contribution in [3.8, 4) is 0 Å². The minimum absolute atomic E-state index is 0.00525. The van der Waals surface area contributed by atoms with Crippen LogP contribution in [0.1, 0.15) is 34.8 Å². The number of nitrogens with one attached hydrogen (secondary N) is 1. The zero-order valence-electron chi connectivity index (χ0n) is 15.6. The topological polar surface area (TPSA) is 91.8 Å². The van der Waals surface area contributed by atoms with Gasteiger partial charge in [-0.05, 0) is 31.2 Å². The lowest BCUT2D eigenvalue weighted by Crippen LogP contribution is -2.28. The molecule has 1 aliphatic rings. The van der Waals surface area contributed by atoms with Crippen LogP contribution in [-0.4, -0.2) is 43.5 Å². The van der Waals surface area contributed by atoms with Crippen LogP contribution >= 0.6 is 23.1 Å². The SMILES string of the molecule is CN(Cc1cnccn1)C(=O)CSCc1nc2sc3c(c2c(=O)[nH]1)CCCC3. The number of carbonyl (C=O) groups is 1. The van der Waals surface area contributed by atoms with Crippen molar-refractivity contribution in [2.24, 2.45) is 0 Å². The molecule has 1 aliphatic carbocycles. The molecule has 9 heteroatoms. The number of aromatic amines is 1. The van der Waals surface area contributed by atoms with Gasteiger partial charge in [0.1, 0.15) is 10.7 Å². The first-order chi connectivity index (χ1) is 13.6. The third kappa shape index (κ3) is 4.10. The maximum absolute atomic E-state index is 12.6. The quantitative estimate of drug-likeness (QED) is 0.665. The fourth-order valence-electron chi connectivity index (χ4n) is 3.36. The Morgan fingerprint density at radius 2 is 2.18 bits per heavy atom. The number of aryl methyl sites for hydroxylation is 2. The summed E-state index contributed by atoms with van der Waals surface area (Å²) in [5, 5.41) is 0.772. The Hall–Kier alpha value is -2.26. The van der Waals surface area contributed by atoms with E-state index in [-0.39, 0.29) is 11.5 Å². The van der Waals surface area contributed by atoms with Crippen LogP contribution in [0.15, 0.2) is 23.4 Å². The molecule has 0 fully saturated rings. The first-order valence-electron chi connectivity index (χ1n) is 9.22. The highest BCUT2D eigenvalue weighted by Gasteiger charge is 2.20. The monoisotopic (exact) mass is 415 g/mol. The van der Waals surface area contributed by atoms with Gasteiger partial charge in [0, 0.05) is 24.3 Å². The number of thiophene rings is 1. The van der Waals surface area contributed by atoms with Gasteiger partial charge in [0.2, 0.25) is 5.91 Å². The number of rotatable bonds is 6. The Kier molecular flexibility index (Phi) is 5.72. The molecule has 0 radical (unpaired) electrons. The lowest BCUT2D eigenvalue weighted by Gasteiger charge is -2.16. The zero-order chi connectivity index (χ0) is 19.5. The van der Waals surface area contributed by atoms with E-state index >= 15 is 0 Å². The highest BCUT2D eigenvalue weighted by Crippen LogP contribution is 2.33. The van der Waals surface area contributed by atoms with Crippen molar-refractivity contribution < 1.29 is 4.79 Å². The van der Waals surface area contributed by atoms with Crippen molar-refractivity contribution in [1.29, 1.82) is 0 Å². The van der Waals surface area contributed by atoms with Crippen molar-refractivity contribution in [2.75, 3.05) is 12.8 Å². The van der Waals surface area contributed by atoms with E-state index < -0.39 is 0 Å². The van der Waals surface area contributed by atoms with Gasteiger partial charge in [0.25, 0.3) is 5.56 Å². The Morgan fingerprint density at radius 3 is 3.00 bits per heavy atom. The predicted molar refractivity (Wildman–Crippen MR) is 112 cm³/mol. The van der Waals surface area contributed by atoms with Gasteiger partial charge in [-0.2, -0.15) is 0 Å². The normalized spacial score (nSPS) is 13.5. The number of aromatic nitrogens is 4. The summed E-state index contributed by atoms with van der Waals surface area (Å²) >= 11 is 3.10. The fourth-order valence-corrected chi connectivity index (χ4v) is 5.47. The number of fused-ring (bicyclic) bond motifs is 3. The molecule has 0 bridgehead atoms. The van der Waals surface area contributed by atoms with Crippen molar-refractivity contribution in [2.45, 2.75) is 38.0 Å². The number of hydrogen-bond acceptors (Lipinski definition) is 7. The highest BCUT2D eigenvalue weighted by atomic mass is 32.2. The molecule has 4 rings (SSSR count). The van der Waals surface area contributed by atoms with Crippen LogP contribution in [0.2, 0.25) is 0 Å². The van der Waals surface area contributed by atoms with Crippen LogP contribution in [0, 0.1) is 0 Å². The molecular weight excluding hydrogens is 394 g/mol. The molecule has 1 N–H and O–H groups in total. The average Bonchev–Trinajstić information content (AvgIpc) is 3.07. The average molecular weight is 416 g/mol. The lowest BCUT2D eigenvalue weighted by atomic mass is 9.97. The first-order valence-corrected chi connectivity index (χ1v) is 11.2. The molecule has 0 unspecified atom stereocenters. The summed E-state index contributed by atoms with van der Waals surface area (Å²) in [6, 6.07) is 0. The van der Waals surface area contributed by atoms with Gasteiger partial charge in [-0.3, -0.25) is 19.6 Å². The second-order valence-corrected chi connectivity index (χ2v) is 8.91. The molecule has 3 aromatic rings. The van der Waals surface area contributed by atoms with Crippen molar-refractivity contribution in [3.63, 3.8) is 0 Å². The van der Waals surface area contributed by atoms with E-state index in [0.29, 0.717) is 23.9 Å². The Morgan fingerprint density at radius 1 is 1.32 bits per heavy atom. The van der Waals surface area contributed by atoms with E-state index in [1.165, 1.54) is 28.6 Å². The molecule has 7 nitrogen and oxygen atoms in total. The van der Waals surface area contributed by atoms with Crippen LogP contribution in [0.4, 0.5) is 0 Å². The second-order valence-electron chi connectivity index (χ2n) is 6.84. The lowest BCUT2D eigenvalue weighted by molar-refractivity contribution is -0.127. The summed E-state index contributed by atoms with van der Waals surface area (Å²) in [4.78, 5) is 44.4. The molecular formula is C19H21N5O2S2. The highest BCUT2D eigenvalue weighted by molar-refractivity contribution is 7.99. The van der Waals surface area contributed by atoms with Gasteiger partial charge in [0.15, 0.2) is 0 Å². The standard InChI is InChI=1S/C19H21N5O2S2/c1-24(9-12-8-20-6-7-21-12)16(25)11-27-10-15-22-18(26)17-13-4-2-3-5-14(13)28-19(17)23-15/h6-8H,2-5,9-11H2,1H3,(H,22,23,26). The maximum Gasteiger partial charge on any atom is 0.259 e. The van der Waals surface area contributed by atoms with E-state index in [1.54, 1.807) is 41.9 Å². The fraction of sp³-hybridized carbons (Fsp3) is 0.421. The van der Waals surface area contributed by atoms with Gasteiger partial charge in [-0.15, -0.1) is 23.1 Å². The minimum atomic E-state index is -0.0499. The molecule has 3 aromatic heterocycles. The van der Waals surface area contributed by atoms with Crippen LogP contribution in [0.5, 0.6) is 0 Å². The summed E-state index contributed by atoms with van der Waals surface area (Å²) in [5.41, 5.74) is 1.90. The number of nitrogens with zero attached hydrogens (tertiary/aromatic N) is 4. The number of carbonyl (C=O) groups excluding carboxylic acids is 1. The van der Waals surface area contributed by atoms with Gasteiger partial charge < -0.3 is 9.88 Å². The smallest absolute Gasteiger partial charge is 0.259 e. The number of amides is 1. The third-order valence-corrected chi connectivity index (χ3v) is 6.89. The molecule has 1 amide bonds. The molecule has 0 spiro atoms. The second kappa shape index (κ2) is 8.40. The molecule has 0 saturated heterocycles. The minimum Gasteiger partial charge on any atom is -0.339 e. The summed E-state index contributed by atoms with van der Waals surface area (Å²) in [7, 11) is 1.75. The number of hydrogen-bond donors (Lipinski definition) is 1. The van der Waals surface area contributed by atoms with Gasteiger partial charge in [0.05, 0.1) is 35.3 Å². The summed E-state index contributed by atoms with van der Waals surface area (Å²) in [6.07, 6.45) is 9.22. The van der Waals surface area contributed by atoms with Crippen molar-refractivity contribution in [1.82, 2.24) is 24.8 Å². The van der Waals surface area contributed by atoms with Crippen LogP contribution in [0.25, 0.3) is 10.2 Å². The van der Waals surface area contributed by atoms with Crippen molar-refractivity contribution >= 4 is 39.2 Å². The van der Waals surface area contributed by atoms with E-state index in [1.807, 2.05) is 0 Å². The van der Waals surface area contributed by atoms with E-state index in [0.717, 1.165) is 35.2 Å². The predicted octanol–water partition coefficient (Wildman–Crippen LogP) is 2.55. The third-order valence-electron chi connectivity index (χ3n) is 4.78. The van der Waals surface area contributed by atoms with Gasteiger partial charge in [-0.1, -0.05) is 0 Å². The van der Waals surface area contributed by atoms with E-state index in [2.05, 4.69) is 19.9 Å². The summed E-state index contributed by atoms with van der Waals surface area (Å²) < 4.78 is 0. The molecule has 0 aliphatic heterocycles. The van der Waals surface area contributed by atoms with Crippen molar-refractivity contribution in [3.05, 3.63) is 50.9 Å². The van der Waals surface area contributed by atoms with Gasteiger partial charge in [-0.25, -0.2) is 4.98 Å². The first kappa shape index (κ1) is 19.1. The molecule has 3 heterocycles. The van der Waals surface area contributed by atoms with E-state index in [9.17, 15) is 9.59 Å². The van der Waals surface area contributed by atoms with Gasteiger partial charge >= 0.3 is 0 Å². The van der Waals surface area contributed by atoms with Crippen LogP contribution in [0.3, 0.4) is 0 Å². The van der Waals surface area contributed by atoms with Crippen LogP contribution in [-0.2, 0) is 29.9 Å². The molecule has 0 atom stereocenters. The molecule has 146 valence electrons. The van der Waals surface area contributed by atoms with Crippen LogP contribution < -0.4 is 5.56 Å². The summed E-state index contributed by atoms with van der Waals surface area (Å²) in [6.45, 7) is 0.426. The Labute approximate surface area is 170 Å². The number of H-pyrrole nitrogens is 1. The Bertz CT molecular complexity index is 1050. The molecule has 0 aromatic carbocycles. The Balaban J connectivity index is 1.37. The van der Waals surface area contributed by atoms with E-state index in [4.69, 9.17) is 0 Å².